The van der Waals surface area contributed by atoms with Crippen LogP contribution in [-0.2, 0) is 9.53 Å². The Labute approximate surface area is 95.1 Å². The van der Waals surface area contributed by atoms with Gasteiger partial charge in [-0.1, -0.05) is 6.92 Å². The smallest absolute Gasteiger partial charge is 0.408 e. The van der Waals surface area contributed by atoms with Crippen molar-refractivity contribution < 1.29 is 19.4 Å². The van der Waals surface area contributed by atoms with Gasteiger partial charge in [-0.05, 0) is 27.2 Å². The van der Waals surface area contributed by atoms with E-state index in [0.29, 0.717) is 6.42 Å². The third kappa shape index (κ3) is 5.55. The normalized spacial score (nSPS) is 15.1. The van der Waals surface area contributed by atoms with E-state index in [2.05, 4.69) is 5.32 Å². The van der Waals surface area contributed by atoms with Crippen LogP contribution in [-0.4, -0.2) is 28.9 Å². The maximum atomic E-state index is 11.3. The maximum absolute atomic E-state index is 11.3. The fourth-order valence-corrected chi connectivity index (χ4v) is 1.13. The Kier molecular flexibility index (Phi) is 5.23. The number of carboxylic acid groups (broad SMARTS) is 1. The summed E-state index contributed by atoms with van der Waals surface area (Å²) >= 11 is 0. The Balaban J connectivity index is 4.28. The van der Waals surface area contributed by atoms with Crippen molar-refractivity contribution in [2.24, 2.45) is 11.7 Å². The summed E-state index contributed by atoms with van der Waals surface area (Å²) in [5, 5.41) is 11.1. The first-order valence-corrected chi connectivity index (χ1v) is 5.15. The minimum atomic E-state index is -1.04. The topological polar surface area (TPSA) is 102 Å². The van der Waals surface area contributed by atoms with E-state index in [4.69, 9.17) is 15.6 Å². The molecule has 0 saturated heterocycles. The predicted molar refractivity (Wildman–Crippen MR) is 58.8 cm³/mol. The van der Waals surface area contributed by atoms with Crippen molar-refractivity contribution in [3.63, 3.8) is 0 Å². The molecule has 0 saturated carbocycles. The molecule has 0 bridgehead atoms. The number of alkyl carbamates (subject to hydrolysis) is 1. The van der Waals surface area contributed by atoms with Crippen molar-refractivity contribution >= 4 is 12.1 Å². The van der Waals surface area contributed by atoms with Crippen molar-refractivity contribution in [3.8, 4) is 0 Å². The molecule has 0 heterocycles. The number of hydrogen-bond donors (Lipinski definition) is 3. The van der Waals surface area contributed by atoms with Crippen molar-refractivity contribution in [1.82, 2.24) is 5.32 Å². The minimum absolute atomic E-state index is 0.340. The first-order chi connectivity index (χ1) is 7.17. The Hall–Kier alpha value is -1.30. The van der Waals surface area contributed by atoms with Crippen LogP contribution in [0.15, 0.2) is 0 Å². The van der Waals surface area contributed by atoms with Gasteiger partial charge in [-0.3, -0.25) is 4.79 Å². The molecule has 2 unspecified atom stereocenters. The fourth-order valence-electron chi connectivity index (χ4n) is 1.13. The van der Waals surface area contributed by atoms with Crippen molar-refractivity contribution in [1.29, 1.82) is 0 Å². The molecule has 0 fully saturated rings. The van der Waals surface area contributed by atoms with E-state index >= 15 is 0 Å². The minimum Gasteiger partial charge on any atom is -0.481 e. The number of nitrogens with two attached hydrogens (primary N) is 1. The van der Waals surface area contributed by atoms with E-state index in [-0.39, 0.29) is 0 Å². The van der Waals surface area contributed by atoms with E-state index in [9.17, 15) is 9.59 Å². The summed E-state index contributed by atoms with van der Waals surface area (Å²) in [5.74, 6) is -1.85. The van der Waals surface area contributed by atoms with Gasteiger partial charge in [0, 0.05) is 0 Å². The molecule has 0 aliphatic heterocycles. The molecule has 1 amide bonds. The summed E-state index contributed by atoms with van der Waals surface area (Å²) in [6, 6.07) is 0. The number of aliphatic carboxylic acids is 1. The number of nitrogens with one attached hydrogen (secondary N) is 1. The van der Waals surface area contributed by atoms with E-state index in [1.165, 1.54) is 0 Å². The van der Waals surface area contributed by atoms with Crippen LogP contribution in [0.3, 0.4) is 0 Å². The van der Waals surface area contributed by atoms with Gasteiger partial charge in [-0.15, -0.1) is 0 Å². The van der Waals surface area contributed by atoms with Crippen LogP contribution in [0.2, 0.25) is 0 Å². The summed E-state index contributed by atoms with van der Waals surface area (Å²) in [5.41, 5.74) is 4.93. The van der Waals surface area contributed by atoms with Crippen LogP contribution < -0.4 is 11.1 Å². The Bertz CT molecular complexity index is 260. The lowest BCUT2D eigenvalue weighted by molar-refractivity contribution is -0.142. The third-order valence-corrected chi connectivity index (χ3v) is 1.87. The van der Waals surface area contributed by atoms with Gasteiger partial charge in [0.1, 0.15) is 5.60 Å². The molecule has 6 heteroatoms. The zero-order valence-corrected chi connectivity index (χ0v) is 10.1. The van der Waals surface area contributed by atoms with Gasteiger partial charge in [0.05, 0.1) is 12.1 Å². The van der Waals surface area contributed by atoms with Gasteiger partial charge < -0.3 is 20.9 Å². The van der Waals surface area contributed by atoms with Crippen molar-refractivity contribution in [2.45, 2.75) is 45.9 Å². The van der Waals surface area contributed by atoms with Gasteiger partial charge in [-0.2, -0.15) is 0 Å². The fraction of sp³-hybridized carbons (Fsp3) is 0.800. The average Bonchev–Trinajstić information content (AvgIpc) is 1.99. The van der Waals surface area contributed by atoms with Crippen LogP contribution in [0.4, 0.5) is 4.79 Å². The highest BCUT2D eigenvalue weighted by Crippen LogP contribution is 2.09. The molecule has 6 nitrogen and oxygen atoms in total. The quantitative estimate of drug-likeness (QED) is 0.625. The molecule has 0 aliphatic rings. The molecule has 0 aromatic rings. The molecule has 2 atom stereocenters. The Morgan fingerprint density at radius 3 is 2.25 bits per heavy atom. The molecule has 4 N–H and O–H groups in total. The number of amides is 1. The zero-order chi connectivity index (χ0) is 12.9. The maximum Gasteiger partial charge on any atom is 0.408 e. The molecule has 16 heavy (non-hydrogen) atoms. The summed E-state index contributed by atoms with van der Waals surface area (Å²) in [6.45, 7) is 6.83. The highest BCUT2D eigenvalue weighted by Gasteiger charge is 2.26. The third-order valence-electron chi connectivity index (χ3n) is 1.87. The number of hydrogen-bond acceptors (Lipinski definition) is 4. The summed E-state index contributed by atoms with van der Waals surface area (Å²) < 4.78 is 4.96. The van der Waals surface area contributed by atoms with Crippen LogP contribution in [0, 0.1) is 5.92 Å². The second-order valence-electron chi connectivity index (χ2n) is 4.52. The summed E-state index contributed by atoms with van der Waals surface area (Å²) in [4.78, 5) is 22.1. The number of rotatable bonds is 4. The number of carboxylic acids is 1. The summed E-state index contributed by atoms with van der Waals surface area (Å²) in [7, 11) is 0. The standard InChI is InChI=1S/C10H20N2O4/c1-5-6(8(13)14)7(11)12-9(15)16-10(2,3)4/h6-7H,5,11H2,1-4H3,(H,12,15)(H,13,14). The van der Waals surface area contributed by atoms with E-state index < -0.39 is 29.7 Å². The van der Waals surface area contributed by atoms with Crippen molar-refractivity contribution in [2.75, 3.05) is 0 Å². The SMILES string of the molecule is CCC(C(=O)O)C(N)NC(=O)OC(C)(C)C. The first kappa shape index (κ1) is 14.7. The molecular weight excluding hydrogens is 212 g/mol. The predicted octanol–water partition coefficient (Wildman–Crippen LogP) is 0.907. The lowest BCUT2D eigenvalue weighted by Gasteiger charge is -2.24. The molecule has 0 rings (SSSR count). The van der Waals surface area contributed by atoms with Gasteiger partial charge in [0.25, 0.3) is 0 Å². The highest BCUT2D eigenvalue weighted by atomic mass is 16.6. The Morgan fingerprint density at radius 1 is 1.44 bits per heavy atom. The van der Waals surface area contributed by atoms with E-state index in [1.807, 2.05) is 0 Å². The molecule has 94 valence electrons. The molecule has 0 aromatic heterocycles. The van der Waals surface area contributed by atoms with Gasteiger partial charge in [0.15, 0.2) is 0 Å². The highest BCUT2D eigenvalue weighted by molar-refractivity contribution is 5.73. The second-order valence-corrected chi connectivity index (χ2v) is 4.52. The van der Waals surface area contributed by atoms with Gasteiger partial charge in [0.2, 0.25) is 0 Å². The van der Waals surface area contributed by atoms with E-state index in [1.54, 1.807) is 27.7 Å². The van der Waals surface area contributed by atoms with E-state index in [0.717, 1.165) is 0 Å². The second kappa shape index (κ2) is 5.69. The van der Waals surface area contributed by atoms with Gasteiger partial charge >= 0.3 is 12.1 Å². The zero-order valence-electron chi connectivity index (χ0n) is 10.1. The van der Waals surface area contributed by atoms with Crippen LogP contribution in [0.5, 0.6) is 0 Å². The lowest BCUT2D eigenvalue weighted by Crippen LogP contribution is -2.50. The molecular formula is C10H20N2O4. The van der Waals surface area contributed by atoms with Crippen molar-refractivity contribution in [3.05, 3.63) is 0 Å². The Morgan fingerprint density at radius 2 is 1.94 bits per heavy atom. The van der Waals surface area contributed by atoms with Crippen LogP contribution >= 0.6 is 0 Å². The molecule has 0 spiro atoms. The number of ether oxygens (including phenoxy) is 1. The largest absolute Gasteiger partial charge is 0.481 e. The average molecular weight is 232 g/mol. The number of carbonyl (C=O) groups excluding carboxylic acids is 1. The lowest BCUT2D eigenvalue weighted by atomic mass is 10.0. The molecule has 0 radical (unpaired) electrons. The molecule has 0 aromatic carbocycles. The summed E-state index contributed by atoms with van der Waals surface area (Å²) in [6.07, 6.45) is -1.32. The molecule has 0 aliphatic carbocycles. The number of carbonyl (C=O) groups is 2. The van der Waals surface area contributed by atoms with Crippen LogP contribution in [0.1, 0.15) is 34.1 Å². The van der Waals surface area contributed by atoms with Crippen LogP contribution in [0.25, 0.3) is 0 Å². The monoisotopic (exact) mass is 232 g/mol. The first-order valence-electron chi connectivity index (χ1n) is 5.15. The van der Waals surface area contributed by atoms with Gasteiger partial charge in [-0.25, -0.2) is 4.79 Å².